The lowest BCUT2D eigenvalue weighted by Gasteiger charge is -2.09. The summed E-state index contributed by atoms with van der Waals surface area (Å²) in [5.74, 6) is 0.621. The van der Waals surface area contributed by atoms with Crippen LogP contribution in [0, 0.1) is 0 Å². The number of nitrogens with one attached hydrogen (secondary N) is 1. The summed E-state index contributed by atoms with van der Waals surface area (Å²) < 4.78 is 0. The largest absolute Gasteiger partial charge is 0.316 e. The Kier molecular flexibility index (Phi) is 3.93. The monoisotopic (exact) mass is 179 g/mol. The van der Waals surface area contributed by atoms with Gasteiger partial charge in [0.2, 0.25) is 0 Å². The zero-order valence-corrected chi connectivity index (χ0v) is 8.25. The molecular formula is C11H17NO. The molecule has 0 amide bonds. The zero-order chi connectivity index (χ0) is 9.68. The summed E-state index contributed by atoms with van der Waals surface area (Å²) in [6.07, 6.45) is 1.16. The van der Waals surface area contributed by atoms with Gasteiger partial charge in [0.05, 0.1) is 0 Å². The van der Waals surface area contributed by atoms with Crippen LogP contribution in [0.25, 0.3) is 0 Å². The first-order chi connectivity index (χ1) is 6.27. The third-order valence-electron chi connectivity index (χ3n) is 2.44. The molecule has 13 heavy (non-hydrogen) atoms. The summed E-state index contributed by atoms with van der Waals surface area (Å²) in [6.45, 7) is 4.92. The summed E-state index contributed by atoms with van der Waals surface area (Å²) in [5.41, 5.74) is 4.62. The molecule has 1 unspecified atom stereocenters. The maximum Gasteiger partial charge on any atom is 0.0458 e. The van der Waals surface area contributed by atoms with Crippen LogP contribution in [0.4, 0.5) is 0 Å². The van der Waals surface area contributed by atoms with Gasteiger partial charge >= 0.3 is 0 Å². The predicted octanol–water partition coefficient (Wildman–Crippen LogP) is 2.68. The zero-order valence-electron chi connectivity index (χ0n) is 8.25. The molecule has 0 bridgehead atoms. The number of hydroxylamine groups is 1. The van der Waals surface area contributed by atoms with E-state index in [1.165, 1.54) is 5.56 Å². The van der Waals surface area contributed by atoms with Gasteiger partial charge in [-0.15, -0.1) is 0 Å². The van der Waals surface area contributed by atoms with Crippen LogP contribution in [-0.4, -0.2) is 5.21 Å². The van der Waals surface area contributed by atoms with E-state index in [-0.39, 0.29) is 0 Å². The summed E-state index contributed by atoms with van der Waals surface area (Å²) in [6, 6.07) is 8.34. The highest BCUT2D eigenvalue weighted by atomic mass is 16.5. The van der Waals surface area contributed by atoms with Gasteiger partial charge in [0.15, 0.2) is 0 Å². The molecule has 0 aliphatic heterocycles. The molecule has 2 nitrogen and oxygen atoms in total. The van der Waals surface area contributed by atoms with Gasteiger partial charge < -0.3 is 5.21 Å². The molecule has 0 radical (unpaired) electrons. The lowest BCUT2D eigenvalue weighted by molar-refractivity contribution is 0.161. The SMILES string of the molecule is CCC(C)c1ccc(CNO)cc1. The lowest BCUT2D eigenvalue weighted by atomic mass is 9.98. The van der Waals surface area contributed by atoms with Gasteiger partial charge in [-0.1, -0.05) is 38.1 Å². The Morgan fingerprint density at radius 3 is 2.38 bits per heavy atom. The van der Waals surface area contributed by atoms with Gasteiger partial charge in [-0.25, -0.2) is 5.48 Å². The molecule has 0 saturated carbocycles. The fraction of sp³-hybridized carbons (Fsp3) is 0.455. The fourth-order valence-electron chi connectivity index (χ4n) is 1.29. The van der Waals surface area contributed by atoms with Crippen molar-refractivity contribution in [2.45, 2.75) is 32.7 Å². The first kappa shape index (κ1) is 10.2. The standard InChI is InChI=1S/C11H17NO/c1-3-9(2)11-6-4-10(5-7-11)8-12-13/h4-7,9,12-13H,3,8H2,1-2H3. The first-order valence-electron chi connectivity index (χ1n) is 4.73. The van der Waals surface area contributed by atoms with Crippen molar-refractivity contribution in [3.63, 3.8) is 0 Å². The predicted molar refractivity (Wildman–Crippen MR) is 53.8 cm³/mol. The number of benzene rings is 1. The molecular weight excluding hydrogens is 162 g/mol. The van der Waals surface area contributed by atoms with E-state index in [9.17, 15) is 0 Å². The Labute approximate surface area is 79.6 Å². The van der Waals surface area contributed by atoms with Gasteiger partial charge in [-0.2, -0.15) is 0 Å². The summed E-state index contributed by atoms with van der Waals surface area (Å²) >= 11 is 0. The van der Waals surface area contributed by atoms with Crippen molar-refractivity contribution in [1.29, 1.82) is 0 Å². The highest BCUT2D eigenvalue weighted by Crippen LogP contribution is 2.18. The van der Waals surface area contributed by atoms with Crippen molar-refractivity contribution in [3.8, 4) is 0 Å². The van der Waals surface area contributed by atoms with Gasteiger partial charge in [0, 0.05) is 6.54 Å². The van der Waals surface area contributed by atoms with Crippen molar-refractivity contribution in [2.75, 3.05) is 0 Å². The quantitative estimate of drug-likeness (QED) is 0.696. The number of rotatable bonds is 4. The third kappa shape index (κ3) is 2.83. The second-order valence-corrected chi connectivity index (χ2v) is 3.39. The highest BCUT2D eigenvalue weighted by molar-refractivity contribution is 5.24. The van der Waals surface area contributed by atoms with Crippen LogP contribution in [-0.2, 0) is 6.54 Å². The molecule has 72 valence electrons. The highest BCUT2D eigenvalue weighted by Gasteiger charge is 2.01. The topological polar surface area (TPSA) is 32.3 Å². The van der Waals surface area contributed by atoms with Crippen molar-refractivity contribution in [1.82, 2.24) is 5.48 Å². The third-order valence-corrected chi connectivity index (χ3v) is 2.44. The average Bonchev–Trinajstić information content (AvgIpc) is 2.18. The van der Waals surface area contributed by atoms with Crippen molar-refractivity contribution in [3.05, 3.63) is 35.4 Å². The van der Waals surface area contributed by atoms with Crippen LogP contribution in [0.3, 0.4) is 0 Å². The summed E-state index contributed by atoms with van der Waals surface area (Å²) in [7, 11) is 0. The molecule has 0 spiro atoms. The maximum atomic E-state index is 8.49. The van der Waals surface area contributed by atoms with Crippen molar-refractivity contribution >= 4 is 0 Å². The van der Waals surface area contributed by atoms with E-state index >= 15 is 0 Å². The van der Waals surface area contributed by atoms with Crippen LogP contribution in [0.1, 0.15) is 37.3 Å². The van der Waals surface area contributed by atoms with Gasteiger partial charge in [0.25, 0.3) is 0 Å². The van der Waals surface area contributed by atoms with E-state index in [4.69, 9.17) is 5.21 Å². The molecule has 0 aliphatic rings. The van der Waals surface area contributed by atoms with E-state index in [1.807, 2.05) is 12.1 Å². The molecule has 1 aromatic rings. The van der Waals surface area contributed by atoms with Crippen LogP contribution >= 0.6 is 0 Å². The Bertz CT molecular complexity index is 243. The molecule has 0 heterocycles. The van der Waals surface area contributed by atoms with E-state index in [2.05, 4.69) is 31.5 Å². The minimum atomic E-state index is 0.515. The Morgan fingerprint density at radius 2 is 1.92 bits per heavy atom. The van der Waals surface area contributed by atoms with Crippen molar-refractivity contribution in [2.24, 2.45) is 0 Å². The molecule has 1 aromatic carbocycles. The fourth-order valence-corrected chi connectivity index (χ4v) is 1.29. The Morgan fingerprint density at radius 1 is 1.31 bits per heavy atom. The molecule has 0 fully saturated rings. The minimum Gasteiger partial charge on any atom is -0.316 e. The maximum absolute atomic E-state index is 8.49. The van der Waals surface area contributed by atoms with Crippen LogP contribution < -0.4 is 5.48 Å². The number of hydrogen-bond donors (Lipinski definition) is 2. The molecule has 1 atom stereocenters. The van der Waals surface area contributed by atoms with Crippen LogP contribution in [0.5, 0.6) is 0 Å². The molecule has 2 N–H and O–H groups in total. The molecule has 0 saturated heterocycles. The molecule has 0 aromatic heterocycles. The normalized spacial score (nSPS) is 12.8. The smallest absolute Gasteiger partial charge is 0.0458 e. The van der Waals surface area contributed by atoms with E-state index in [0.717, 1.165) is 12.0 Å². The van der Waals surface area contributed by atoms with Gasteiger partial charge in [-0.05, 0) is 23.5 Å². The molecule has 1 rings (SSSR count). The van der Waals surface area contributed by atoms with E-state index in [1.54, 1.807) is 0 Å². The van der Waals surface area contributed by atoms with Crippen LogP contribution in [0.15, 0.2) is 24.3 Å². The molecule has 2 heteroatoms. The summed E-state index contributed by atoms with van der Waals surface area (Å²) in [4.78, 5) is 0. The Hall–Kier alpha value is -0.860. The second kappa shape index (κ2) is 5.00. The Balaban J connectivity index is 2.69. The van der Waals surface area contributed by atoms with Gasteiger partial charge in [0.1, 0.15) is 0 Å². The van der Waals surface area contributed by atoms with E-state index < -0.39 is 0 Å². The van der Waals surface area contributed by atoms with Crippen molar-refractivity contribution < 1.29 is 5.21 Å². The number of hydrogen-bond acceptors (Lipinski definition) is 2. The second-order valence-electron chi connectivity index (χ2n) is 3.39. The molecule has 0 aliphatic carbocycles. The minimum absolute atomic E-state index is 0.515. The average molecular weight is 179 g/mol. The van der Waals surface area contributed by atoms with Gasteiger partial charge in [-0.3, -0.25) is 0 Å². The first-order valence-corrected chi connectivity index (χ1v) is 4.73. The summed E-state index contributed by atoms with van der Waals surface area (Å²) in [5, 5.41) is 8.49. The lowest BCUT2D eigenvalue weighted by Crippen LogP contribution is -2.05. The van der Waals surface area contributed by atoms with Crippen LogP contribution in [0.2, 0.25) is 0 Å². The van der Waals surface area contributed by atoms with E-state index in [0.29, 0.717) is 12.5 Å².